The molecule has 1 aliphatic rings. The van der Waals surface area contributed by atoms with Gasteiger partial charge in [-0.05, 0) is 31.3 Å². The molecule has 1 aliphatic heterocycles. The Balaban J connectivity index is 2.13. The highest BCUT2D eigenvalue weighted by Crippen LogP contribution is 2.27. The molecule has 0 spiro atoms. The van der Waals surface area contributed by atoms with Crippen molar-refractivity contribution in [1.82, 2.24) is 9.55 Å². The second-order valence-corrected chi connectivity index (χ2v) is 4.51. The van der Waals surface area contributed by atoms with Crippen LogP contribution in [0.15, 0.2) is 12.5 Å². The van der Waals surface area contributed by atoms with Crippen molar-refractivity contribution in [2.45, 2.75) is 25.8 Å². The maximum absolute atomic E-state index is 4.15. The second kappa shape index (κ2) is 3.52. The van der Waals surface area contributed by atoms with E-state index in [0.29, 0.717) is 6.04 Å². The minimum Gasteiger partial charge on any atom is -0.332 e. The standard InChI is InChI=1S/C9H14N2S/c1-8-6-10-7-11(8)9-2-4-12-5-3-9/h6-7,9H,2-5H2,1H3. The lowest BCUT2D eigenvalue weighted by Crippen LogP contribution is -2.15. The molecule has 1 fully saturated rings. The molecule has 3 heteroatoms. The molecule has 0 atom stereocenters. The Labute approximate surface area is 77.4 Å². The monoisotopic (exact) mass is 182 g/mol. The van der Waals surface area contributed by atoms with E-state index in [1.54, 1.807) is 0 Å². The average Bonchev–Trinajstić information content (AvgIpc) is 2.53. The first-order valence-corrected chi connectivity index (χ1v) is 5.59. The molecule has 1 aromatic heterocycles. The molecule has 0 aromatic carbocycles. The van der Waals surface area contributed by atoms with Crippen molar-refractivity contribution in [3.8, 4) is 0 Å². The summed E-state index contributed by atoms with van der Waals surface area (Å²) >= 11 is 2.07. The van der Waals surface area contributed by atoms with Crippen LogP contribution in [-0.2, 0) is 0 Å². The molecular formula is C9H14N2S. The van der Waals surface area contributed by atoms with Crippen LogP contribution in [0.5, 0.6) is 0 Å². The highest BCUT2D eigenvalue weighted by Gasteiger charge is 2.15. The van der Waals surface area contributed by atoms with Gasteiger partial charge in [-0.25, -0.2) is 4.98 Å². The summed E-state index contributed by atoms with van der Waals surface area (Å²) in [5.74, 6) is 2.62. The molecule has 0 aliphatic carbocycles. The van der Waals surface area contributed by atoms with E-state index in [1.165, 1.54) is 30.0 Å². The predicted octanol–water partition coefficient (Wildman–Crippen LogP) is 2.26. The summed E-state index contributed by atoms with van der Waals surface area (Å²) in [4.78, 5) is 4.15. The Morgan fingerprint density at radius 3 is 2.83 bits per heavy atom. The Morgan fingerprint density at radius 2 is 2.25 bits per heavy atom. The minimum absolute atomic E-state index is 0.716. The third kappa shape index (κ3) is 1.51. The molecule has 2 heterocycles. The minimum atomic E-state index is 0.716. The molecule has 0 N–H and O–H groups in total. The summed E-state index contributed by atoms with van der Waals surface area (Å²) < 4.78 is 2.32. The normalized spacial score (nSPS) is 19.8. The number of imidazole rings is 1. The van der Waals surface area contributed by atoms with Crippen LogP contribution in [0.1, 0.15) is 24.6 Å². The van der Waals surface area contributed by atoms with Crippen LogP contribution in [-0.4, -0.2) is 21.1 Å². The third-order valence-electron chi connectivity index (χ3n) is 2.44. The molecule has 1 saturated heterocycles. The molecule has 12 heavy (non-hydrogen) atoms. The van der Waals surface area contributed by atoms with Gasteiger partial charge < -0.3 is 4.57 Å². The van der Waals surface area contributed by atoms with Gasteiger partial charge in [0.15, 0.2) is 0 Å². The first-order chi connectivity index (χ1) is 5.88. The summed E-state index contributed by atoms with van der Waals surface area (Å²) in [6, 6.07) is 0.716. The van der Waals surface area contributed by atoms with E-state index < -0.39 is 0 Å². The molecule has 1 aromatic rings. The largest absolute Gasteiger partial charge is 0.332 e. The molecule has 0 saturated carbocycles. The Hall–Kier alpha value is -0.440. The summed E-state index contributed by atoms with van der Waals surface area (Å²) in [7, 11) is 0. The Morgan fingerprint density at radius 1 is 1.50 bits per heavy atom. The molecule has 66 valence electrons. The van der Waals surface area contributed by atoms with Gasteiger partial charge in [-0.1, -0.05) is 0 Å². The highest BCUT2D eigenvalue weighted by molar-refractivity contribution is 7.99. The molecule has 2 nitrogen and oxygen atoms in total. The van der Waals surface area contributed by atoms with E-state index in [9.17, 15) is 0 Å². The van der Waals surface area contributed by atoms with Crippen LogP contribution in [0.2, 0.25) is 0 Å². The number of rotatable bonds is 1. The van der Waals surface area contributed by atoms with Crippen LogP contribution in [0.4, 0.5) is 0 Å². The zero-order chi connectivity index (χ0) is 8.39. The molecule has 0 unspecified atom stereocenters. The lowest BCUT2D eigenvalue weighted by Gasteiger charge is -2.23. The third-order valence-corrected chi connectivity index (χ3v) is 3.49. The van der Waals surface area contributed by atoms with Crippen molar-refractivity contribution in [3.05, 3.63) is 18.2 Å². The van der Waals surface area contributed by atoms with Gasteiger partial charge in [0.05, 0.1) is 6.33 Å². The lowest BCUT2D eigenvalue weighted by molar-refractivity contribution is 0.461. The molecule has 0 bridgehead atoms. The number of aryl methyl sites for hydroxylation is 1. The van der Waals surface area contributed by atoms with Crippen LogP contribution in [0.3, 0.4) is 0 Å². The van der Waals surface area contributed by atoms with Crippen LogP contribution >= 0.6 is 11.8 Å². The number of nitrogens with zero attached hydrogens (tertiary/aromatic N) is 2. The van der Waals surface area contributed by atoms with Crippen LogP contribution < -0.4 is 0 Å². The van der Waals surface area contributed by atoms with Crippen LogP contribution in [0.25, 0.3) is 0 Å². The zero-order valence-electron chi connectivity index (χ0n) is 7.36. The summed E-state index contributed by atoms with van der Waals surface area (Å²) in [5.41, 5.74) is 1.30. The maximum atomic E-state index is 4.15. The second-order valence-electron chi connectivity index (χ2n) is 3.29. The number of aromatic nitrogens is 2. The Kier molecular flexibility index (Phi) is 2.40. The van der Waals surface area contributed by atoms with Crippen LogP contribution in [0, 0.1) is 6.92 Å². The quantitative estimate of drug-likeness (QED) is 0.663. The molecule has 2 rings (SSSR count). The topological polar surface area (TPSA) is 17.8 Å². The lowest BCUT2D eigenvalue weighted by atomic mass is 10.1. The van der Waals surface area contributed by atoms with Crippen molar-refractivity contribution in [2.75, 3.05) is 11.5 Å². The molecular weight excluding hydrogens is 168 g/mol. The smallest absolute Gasteiger partial charge is 0.0950 e. The Bertz CT molecular complexity index is 251. The van der Waals surface area contributed by atoms with E-state index in [2.05, 4.69) is 28.2 Å². The van der Waals surface area contributed by atoms with E-state index in [1.807, 2.05) is 12.5 Å². The zero-order valence-corrected chi connectivity index (χ0v) is 8.18. The van der Waals surface area contributed by atoms with Gasteiger partial charge in [0.1, 0.15) is 0 Å². The van der Waals surface area contributed by atoms with Gasteiger partial charge in [0.25, 0.3) is 0 Å². The summed E-state index contributed by atoms with van der Waals surface area (Å²) in [6.07, 6.45) is 6.53. The van der Waals surface area contributed by atoms with Gasteiger partial charge in [-0.15, -0.1) is 0 Å². The van der Waals surface area contributed by atoms with E-state index >= 15 is 0 Å². The van der Waals surface area contributed by atoms with Gasteiger partial charge >= 0.3 is 0 Å². The first kappa shape index (κ1) is 8.17. The van der Waals surface area contributed by atoms with E-state index in [4.69, 9.17) is 0 Å². The predicted molar refractivity (Wildman–Crippen MR) is 52.6 cm³/mol. The maximum Gasteiger partial charge on any atom is 0.0950 e. The number of hydrogen-bond donors (Lipinski definition) is 0. The first-order valence-electron chi connectivity index (χ1n) is 4.44. The fourth-order valence-corrected chi connectivity index (χ4v) is 2.80. The van der Waals surface area contributed by atoms with E-state index in [0.717, 1.165) is 0 Å². The van der Waals surface area contributed by atoms with Gasteiger partial charge in [0.2, 0.25) is 0 Å². The van der Waals surface area contributed by atoms with Crippen molar-refractivity contribution in [1.29, 1.82) is 0 Å². The fourth-order valence-electron chi connectivity index (χ4n) is 1.72. The van der Waals surface area contributed by atoms with Crippen molar-refractivity contribution >= 4 is 11.8 Å². The summed E-state index contributed by atoms with van der Waals surface area (Å²) in [5, 5.41) is 0. The van der Waals surface area contributed by atoms with Crippen molar-refractivity contribution in [2.24, 2.45) is 0 Å². The molecule has 0 radical (unpaired) electrons. The average molecular weight is 182 g/mol. The van der Waals surface area contributed by atoms with Crippen molar-refractivity contribution < 1.29 is 0 Å². The van der Waals surface area contributed by atoms with Gasteiger partial charge in [-0.2, -0.15) is 11.8 Å². The number of hydrogen-bond acceptors (Lipinski definition) is 2. The SMILES string of the molecule is Cc1cncn1C1CCSCC1. The highest BCUT2D eigenvalue weighted by atomic mass is 32.2. The van der Waals surface area contributed by atoms with E-state index in [-0.39, 0.29) is 0 Å². The molecule has 0 amide bonds. The summed E-state index contributed by atoms with van der Waals surface area (Å²) in [6.45, 7) is 2.13. The van der Waals surface area contributed by atoms with Gasteiger partial charge in [-0.3, -0.25) is 0 Å². The number of thioether (sulfide) groups is 1. The van der Waals surface area contributed by atoms with Gasteiger partial charge in [0, 0.05) is 17.9 Å². The van der Waals surface area contributed by atoms with Crippen molar-refractivity contribution in [3.63, 3.8) is 0 Å². The fraction of sp³-hybridized carbons (Fsp3) is 0.667.